The minimum absolute atomic E-state index is 0.182. The first kappa shape index (κ1) is 18.0. The molecule has 0 saturated heterocycles. The van der Waals surface area contributed by atoms with Crippen LogP contribution in [0.4, 0.5) is 4.39 Å². The zero-order valence-electron chi connectivity index (χ0n) is 14.2. The highest BCUT2D eigenvalue weighted by Gasteiger charge is 2.40. The highest BCUT2D eigenvalue weighted by molar-refractivity contribution is 6.42. The second-order valence-electron chi connectivity index (χ2n) is 6.71. The number of hydrogen-bond donors (Lipinski definition) is 0. The average molecular weight is 378 g/mol. The molecule has 0 radical (unpaired) electrons. The molecule has 0 fully saturated rings. The van der Waals surface area contributed by atoms with Gasteiger partial charge in [-0.25, -0.2) is 4.39 Å². The molecule has 0 saturated carbocycles. The molecule has 0 aliphatic carbocycles. The number of rotatable bonds is 3. The highest BCUT2D eigenvalue weighted by atomic mass is 35.5. The fraction of sp³-hybridized carbons (Fsp3) is 0.250. The van der Waals surface area contributed by atoms with Gasteiger partial charge in [0.2, 0.25) is 0 Å². The third-order valence-corrected chi connectivity index (χ3v) is 5.46. The van der Waals surface area contributed by atoms with E-state index < -0.39 is 5.54 Å². The third-order valence-electron chi connectivity index (χ3n) is 4.73. The Hall–Kier alpha value is -1.84. The van der Waals surface area contributed by atoms with E-state index in [1.165, 1.54) is 6.07 Å². The Morgan fingerprint density at radius 2 is 1.76 bits per heavy atom. The Morgan fingerprint density at radius 3 is 2.40 bits per heavy atom. The zero-order chi connectivity index (χ0) is 18.4. The summed E-state index contributed by atoms with van der Waals surface area (Å²) in [5.41, 5.74) is 1.89. The molecule has 0 aromatic heterocycles. The molecule has 1 aliphatic heterocycles. The van der Waals surface area contributed by atoms with E-state index in [1.807, 2.05) is 26.8 Å². The molecular weight excluding hydrogens is 360 g/mol. The van der Waals surface area contributed by atoms with Crippen molar-refractivity contribution in [3.05, 3.63) is 75.0 Å². The summed E-state index contributed by atoms with van der Waals surface area (Å²) in [4.78, 5) is 14.8. The van der Waals surface area contributed by atoms with Gasteiger partial charge in [-0.05, 0) is 50.1 Å². The van der Waals surface area contributed by atoms with Gasteiger partial charge in [0.15, 0.2) is 0 Å². The molecule has 0 N–H and O–H groups in total. The summed E-state index contributed by atoms with van der Waals surface area (Å²) in [6, 6.07) is 11.7. The molecule has 5 heteroatoms. The summed E-state index contributed by atoms with van der Waals surface area (Å²) in [6.07, 6.45) is 0. The van der Waals surface area contributed by atoms with E-state index in [1.54, 1.807) is 35.2 Å². The molecule has 1 heterocycles. The molecule has 2 aromatic rings. The van der Waals surface area contributed by atoms with Crippen LogP contribution in [0, 0.1) is 5.82 Å². The molecule has 1 amide bonds. The smallest absolute Gasteiger partial charge is 0.255 e. The van der Waals surface area contributed by atoms with Crippen molar-refractivity contribution in [3.8, 4) is 0 Å². The molecule has 0 spiro atoms. The number of carbonyl (C=O) groups excluding carboxylic acids is 1. The van der Waals surface area contributed by atoms with Gasteiger partial charge in [0.1, 0.15) is 5.82 Å². The van der Waals surface area contributed by atoms with Crippen molar-refractivity contribution in [2.24, 2.45) is 0 Å². The molecule has 25 heavy (non-hydrogen) atoms. The minimum atomic E-state index is -0.612. The van der Waals surface area contributed by atoms with Crippen molar-refractivity contribution < 1.29 is 9.18 Å². The lowest BCUT2D eigenvalue weighted by molar-refractivity contribution is -0.128. The summed E-state index contributed by atoms with van der Waals surface area (Å²) >= 11 is 12.1. The van der Waals surface area contributed by atoms with Crippen molar-refractivity contribution in [3.63, 3.8) is 0 Å². The van der Waals surface area contributed by atoms with Crippen LogP contribution in [0.15, 0.2) is 48.0 Å². The average Bonchev–Trinajstić information content (AvgIpc) is 2.86. The largest absolute Gasteiger partial charge is 0.325 e. The van der Waals surface area contributed by atoms with Crippen molar-refractivity contribution in [2.75, 3.05) is 6.54 Å². The van der Waals surface area contributed by atoms with Gasteiger partial charge in [0, 0.05) is 12.1 Å². The van der Waals surface area contributed by atoms with Crippen LogP contribution >= 0.6 is 23.2 Å². The predicted molar refractivity (Wildman–Crippen MR) is 100 cm³/mol. The Bertz CT molecular complexity index is 889. The minimum Gasteiger partial charge on any atom is -0.325 e. The lowest BCUT2D eigenvalue weighted by Gasteiger charge is -2.37. The maximum Gasteiger partial charge on any atom is 0.255 e. The fourth-order valence-electron chi connectivity index (χ4n) is 3.20. The molecule has 2 aromatic carbocycles. The van der Waals surface area contributed by atoms with Crippen LogP contribution in [-0.4, -0.2) is 17.4 Å². The molecule has 1 aliphatic rings. The van der Waals surface area contributed by atoms with Crippen molar-refractivity contribution >= 4 is 34.7 Å². The fourth-order valence-corrected chi connectivity index (χ4v) is 3.50. The van der Waals surface area contributed by atoms with Gasteiger partial charge in [-0.2, -0.15) is 0 Å². The lowest BCUT2D eigenvalue weighted by atomic mass is 9.92. The molecule has 2 nitrogen and oxygen atoms in total. The summed E-state index contributed by atoms with van der Waals surface area (Å²) in [6.45, 7) is 6.20. The first-order valence-electron chi connectivity index (χ1n) is 7.95. The Kier molecular flexibility index (Phi) is 4.65. The lowest BCUT2D eigenvalue weighted by Crippen LogP contribution is -2.43. The van der Waals surface area contributed by atoms with Gasteiger partial charge in [-0.15, -0.1) is 0 Å². The number of carbonyl (C=O) groups is 1. The molecular formula is C20H18Cl2FNO. The van der Waals surface area contributed by atoms with Crippen molar-refractivity contribution in [2.45, 2.75) is 26.3 Å². The molecule has 130 valence electrons. The summed E-state index contributed by atoms with van der Waals surface area (Å²) < 4.78 is 14.2. The molecule has 0 bridgehead atoms. The van der Waals surface area contributed by atoms with Crippen LogP contribution in [-0.2, 0) is 10.3 Å². The summed E-state index contributed by atoms with van der Waals surface area (Å²) in [5.74, 6) is -0.571. The maximum atomic E-state index is 14.2. The van der Waals surface area contributed by atoms with Crippen molar-refractivity contribution in [1.82, 2.24) is 4.90 Å². The Morgan fingerprint density at radius 1 is 1.08 bits per heavy atom. The number of hydrogen-bond acceptors (Lipinski definition) is 1. The Balaban J connectivity index is 1.99. The van der Waals surface area contributed by atoms with E-state index >= 15 is 0 Å². The van der Waals surface area contributed by atoms with Crippen LogP contribution < -0.4 is 0 Å². The van der Waals surface area contributed by atoms with Gasteiger partial charge in [-0.3, -0.25) is 4.79 Å². The van der Waals surface area contributed by atoms with E-state index in [-0.39, 0.29) is 11.7 Å². The molecule has 0 unspecified atom stereocenters. The topological polar surface area (TPSA) is 20.3 Å². The monoisotopic (exact) mass is 377 g/mol. The Labute approximate surface area is 156 Å². The first-order chi connectivity index (χ1) is 11.7. The quantitative estimate of drug-likeness (QED) is 0.673. The highest BCUT2D eigenvalue weighted by Crippen LogP contribution is 2.39. The van der Waals surface area contributed by atoms with E-state index in [2.05, 4.69) is 0 Å². The predicted octanol–water partition coefficient (Wildman–Crippen LogP) is 5.68. The van der Waals surface area contributed by atoms with E-state index in [9.17, 15) is 9.18 Å². The number of nitrogens with zero attached hydrogens (tertiary/aromatic N) is 1. The summed E-state index contributed by atoms with van der Waals surface area (Å²) in [7, 11) is 0. The van der Waals surface area contributed by atoms with E-state index in [0.717, 1.165) is 11.1 Å². The second-order valence-corrected chi connectivity index (χ2v) is 7.53. The van der Waals surface area contributed by atoms with Crippen LogP contribution in [0.5, 0.6) is 0 Å². The van der Waals surface area contributed by atoms with Gasteiger partial charge in [-0.1, -0.05) is 47.5 Å². The van der Waals surface area contributed by atoms with Crippen LogP contribution in [0.3, 0.4) is 0 Å². The van der Waals surface area contributed by atoms with Gasteiger partial charge < -0.3 is 4.90 Å². The van der Waals surface area contributed by atoms with Crippen LogP contribution in [0.25, 0.3) is 5.57 Å². The van der Waals surface area contributed by atoms with E-state index in [4.69, 9.17) is 23.2 Å². The zero-order valence-corrected chi connectivity index (χ0v) is 15.7. The molecule has 0 atom stereocenters. The van der Waals surface area contributed by atoms with Crippen molar-refractivity contribution in [1.29, 1.82) is 0 Å². The van der Waals surface area contributed by atoms with Gasteiger partial charge in [0.25, 0.3) is 5.91 Å². The number of amides is 1. The second kappa shape index (κ2) is 6.47. The maximum absolute atomic E-state index is 14.2. The standard InChI is InChI=1S/C20H18Cl2FNO/c1-12-11-24(19(25)18(12)14-6-4-5-7-17(14)23)20(2,3)13-8-9-15(21)16(22)10-13/h4-10H,11H2,1-3H3. The SMILES string of the molecule is CC1=C(c2ccccc2F)C(=O)N(C(C)(C)c2ccc(Cl)c(Cl)c2)C1. The van der Waals surface area contributed by atoms with Crippen LogP contribution in [0.1, 0.15) is 31.9 Å². The third kappa shape index (κ3) is 3.07. The van der Waals surface area contributed by atoms with Gasteiger partial charge >= 0.3 is 0 Å². The number of halogens is 3. The van der Waals surface area contributed by atoms with Gasteiger partial charge in [0.05, 0.1) is 21.2 Å². The normalized spacial score (nSPS) is 15.3. The molecule has 3 rings (SSSR count). The number of benzene rings is 2. The van der Waals surface area contributed by atoms with E-state index in [0.29, 0.717) is 27.7 Å². The first-order valence-corrected chi connectivity index (χ1v) is 8.71. The summed E-state index contributed by atoms with van der Waals surface area (Å²) in [5, 5.41) is 0.910. The van der Waals surface area contributed by atoms with Crippen LogP contribution in [0.2, 0.25) is 10.0 Å².